The van der Waals surface area contributed by atoms with Crippen LogP contribution in [0.25, 0.3) is 38.3 Å². The molecule has 0 saturated carbocycles. The maximum absolute atomic E-state index is 11.3. The molecule has 35 heavy (non-hydrogen) atoms. The number of amides is 1. The maximum Gasteiger partial charge on any atom is 0.221 e. The van der Waals surface area contributed by atoms with Gasteiger partial charge in [0.15, 0.2) is 22.8 Å². The molecule has 7 nitrogen and oxygen atoms in total. The quantitative estimate of drug-likeness (QED) is 0.301. The predicted octanol–water partition coefficient (Wildman–Crippen LogP) is 6.40. The Morgan fingerprint density at radius 1 is 0.886 bits per heavy atom. The van der Waals surface area contributed by atoms with Crippen molar-refractivity contribution < 1.29 is 4.79 Å². The van der Waals surface area contributed by atoms with E-state index in [0.29, 0.717) is 22.8 Å². The van der Waals surface area contributed by atoms with E-state index in [2.05, 4.69) is 33.1 Å². The lowest BCUT2D eigenvalue weighted by molar-refractivity contribution is -0.114. The first-order valence-corrected chi connectivity index (χ1v) is 12.0. The molecule has 0 spiro atoms. The Morgan fingerprint density at radius 3 is 2.43 bits per heavy atom. The fourth-order valence-corrected chi connectivity index (χ4v) is 4.95. The van der Waals surface area contributed by atoms with Crippen molar-refractivity contribution in [3.63, 3.8) is 0 Å². The topological polar surface area (TPSA) is 84.7 Å². The summed E-state index contributed by atoms with van der Waals surface area (Å²) in [6, 6.07) is 25.8. The van der Waals surface area contributed by atoms with E-state index in [0.717, 1.165) is 28.0 Å². The van der Waals surface area contributed by atoms with Crippen LogP contribution < -0.4 is 10.6 Å². The van der Waals surface area contributed by atoms with Crippen LogP contribution in [0.4, 0.5) is 17.2 Å². The average molecular weight is 477 g/mol. The molecule has 170 valence electrons. The lowest BCUT2D eigenvalue weighted by atomic mass is 10.1. The Labute approximate surface area is 205 Å². The molecular weight excluding hydrogens is 456 g/mol. The predicted molar refractivity (Wildman–Crippen MR) is 142 cm³/mol. The van der Waals surface area contributed by atoms with E-state index < -0.39 is 0 Å². The number of imidazole rings is 1. The molecule has 1 amide bonds. The standard InChI is InChI=1S/C27H20N6OS/c1-17(34)29-18-11-13-19(14-12-18)30-26-24-27(33(16-28-24)20-7-3-2-4-8-20)32-25(31-26)22-15-35-23-10-6-5-9-21(22)23/h2-16H,1H3,(H,29,34)(H,30,31,32). The van der Waals surface area contributed by atoms with Gasteiger partial charge >= 0.3 is 0 Å². The van der Waals surface area contributed by atoms with Crippen molar-refractivity contribution in [3.8, 4) is 17.1 Å². The van der Waals surface area contributed by atoms with E-state index in [1.165, 1.54) is 11.6 Å². The third-order valence-electron chi connectivity index (χ3n) is 5.62. The Kier molecular flexibility index (Phi) is 5.20. The number of benzene rings is 3. The van der Waals surface area contributed by atoms with Crippen molar-refractivity contribution in [2.45, 2.75) is 6.92 Å². The van der Waals surface area contributed by atoms with Crippen LogP contribution in [0, 0.1) is 0 Å². The lowest BCUT2D eigenvalue weighted by Crippen LogP contribution is -2.05. The number of para-hydroxylation sites is 1. The fraction of sp³-hybridized carbons (Fsp3) is 0.0370. The zero-order valence-corrected chi connectivity index (χ0v) is 19.6. The molecule has 0 atom stereocenters. The van der Waals surface area contributed by atoms with Crippen LogP contribution in [-0.2, 0) is 4.79 Å². The van der Waals surface area contributed by atoms with Gasteiger partial charge in [-0.1, -0.05) is 36.4 Å². The van der Waals surface area contributed by atoms with Gasteiger partial charge in [-0.05, 0) is 42.5 Å². The van der Waals surface area contributed by atoms with Crippen LogP contribution in [0.1, 0.15) is 6.92 Å². The minimum absolute atomic E-state index is 0.109. The molecule has 6 aromatic rings. The summed E-state index contributed by atoms with van der Waals surface area (Å²) in [5, 5.41) is 9.41. The van der Waals surface area contributed by atoms with E-state index in [9.17, 15) is 4.79 Å². The van der Waals surface area contributed by atoms with Gasteiger partial charge in [-0.15, -0.1) is 11.3 Å². The number of aromatic nitrogens is 4. The summed E-state index contributed by atoms with van der Waals surface area (Å²) in [5.41, 5.74) is 4.90. The fourth-order valence-electron chi connectivity index (χ4n) is 4.01. The summed E-state index contributed by atoms with van der Waals surface area (Å²) in [6.07, 6.45) is 1.77. The van der Waals surface area contributed by atoms with Crippen molar-refractivity contribution in [1.29, 1.82) is 0 Å². The van der Waals surface area contributed by atoms with E-state index in [4.69, 9.17) is 9.97 Å². The molecule has 0 fully saturated rings. The first-order chi connectivity index (χ1) is 17.2. The number of nitrogens with zero attached hydrogens (tertiary/aromatic N) is 4. The highest BCUT2D eigenvalue weighted by Crippen LogP contribution is 2.35. The molecule has 3 aromatic heterocycles. The van der Waals surface area contributed by atoms with E-state index in [1.54, 1.807) is 17.7 Å². The van der Waals surface area contributed by atoms with Gasteiger partial charge in [0.25, 0.3) is 0 Å². The van der Waals surface area contributed by atoms with Gasteiger partial charge < -0.3 is 10.6 Å². The van der Waals surface area contributed by atoms with Crippen LogP contribution >= 0.6 is 11.3 Å². The van der Waals surface area contributed by atoms with Crippen molar-refractivity contribution in [3.05, 3.63) is 90.6 Å². The number of anilines is 3. The van der Waals surface area contributed by atoms with Gasteiger partial charge in [-0.25, -0.2) is 15.0 Å². The van der Waals surface area contributed by atoms with E-state index >= 15 is 0 Å². The highest BCUT2D eigenvalue weighted by Gasteiger charge is 2.17. The van der Waals surface area contributed by atoms with Crippen LogP contribution in [0.15, 0.2) is 90.6 Å². The first kappa shape index (κ1) is 21.0. The molecule has 3 heterocycles. The number of nitrogens with one attached hydrogen (secondary N) is 2. The van der Waals surface area contributed by atoms with Crippen molar-refractivity contribution >= 4 is 55.7 Å². The lowest BCUT2D eigenvalue weighted by Gasteiger charge is -2.10. The molecule has 2 N–H and O–H groups in total. The highest BCUT2D eigenvalue weighted by molar-refractivity contribution is 7.17. The zero-order chi connectivity index (χ0) is 23.8. The molecule has 0 unspecified atom stereocenters. The zero-order valence-electron chi connectivity index (χ0n) is 18.8. The number of thiophene rings is 1. The van der Waals surface area contributed by atoms with Crippen LogP contribution in [0.5, 0.6) is 0 Å². The summed E-state index contributed by atoms with van der Waals surface area (Å²) in [5.74, 6) is 1.13. The molecule has 0 radical (unpaired) electrons. The van der Waals surface area contributed by atoms with Gasteiger partial charge in [-0.3, -0.25) is 9.36 Å². The average Bonchev–Trinajstić information content (AvgIpc) is 3.50. The van der Waals surface area contributed by atoms with Gasteiger partial charge in [0, 0.05) is 45.0 Å². The Balaban J connectivity index is 1.50. The summed E-state index contributed by atoms with van der Waals surface area (Å²) < 4.78 is 3.16. The Hall–Kier alpha value is -4.56. The smallest absolute Gasteiger partial charge is 0.221 e. The molecule has 0 bridgehead atoms. The molecule has 8 heteroatoms. The summed E-state index contributed by atoms with van der Waals surface area (Å²) in [6.45, 7) is 1.49. The van der Waals surface area contributed by atoms with Crippen LogP contribution in [0.3, 0.4) is 0 Å². The van der Waals surface area contributed by atoms with Gasteiger partial charge in [0.05, 0.1) is 0 Å². The minimum Gasteiger partial charge on any atom is -0.338 e. The summed E-state index contributed by atoms with van der Waals surface area (Å²) >= 11 is 1.68. The van der Waals surface area contributed by atoms with Gasteiger partial charge in [-0.2, -0.15) is 0 Å². The SMILES string of the molecule is CC(=O)Nc1ccc(Nc2nc(-c3csc4ccccc34)nc3c2ncn3-c2ccccc2)cc1. The minimum atomic E-state index is -0.109. The monoisotopic (exact) mass is 476 g/mol. The molecule has 0 aliphatic heterocycles. The molecule has 0 aliphatic rings. The molecule has 0 saturated heterocycles. The maximum atomic E-state index is 11.3. The second-order valence-electron chi connectivity index (χ2n) is 8.05. The largest absolute Gasteiger partial charge is 0.338 e. The number of carbonyl (C=O) groups is 1. The Bertz CT molecular complexity index is 1670. The van der Waals surface area contributed by atoms with E-state index in [-0.39, 0.29) is 5.91 Å². The third-order valence-corrected chi connectivity index (χ3v) is 6.58. The second kappa shape index (κ2) is 8.66. The third kappa shape index (κ3) is 4.00. The van der Waals surface area contributed by atoms with Crippen molar-refractivity contribution in [2.75, 3.05) is 10.6 Å². The van der Waals surface area contributed by atoms with Gasteiger partial charge in [0.1, 0.15) is 6.33 Å². The Morgan fingerprint density at radius 2 is 1.63 bits per heavy atom. The number of hydrogen-bond donors (Lipinski definition) is 2. The van der Waals surface area contributed by atoms with Gasteiger partial charge in [0.2, 0.25) is 5.91 Å². The van der Waals surface area contributed by atoms with Crippen molar-refractivity contribution in [1.82, 2.24) is 19.5 Å². The number of carbonyl (C=O) groups excluding carboxylic acids is 1. The van der Waals surface area contributed by atoms with Crippen LogP contribution in [-0.4, -0.2) is 25.4 Å². The number of rotatable bonds is 5. The summed E-state index contributed by atoms with van der Waals surface area (Å²) in [4.78, 5) is 25.9. The van der Waals surface area contributed by atoms with Crippen LogP contribution in [0.2, 0.25) is 0 Å². The normalized spacial score (nSPS) is 11.1. The molecule has 0 aliphatic carbocycles. The summed E-state index contributed by atoms with van der Waals surface area (Å²) in [7, 11) is 0. The molecule has 6 rings (SSSR count). The number of hydrogen-bond acceptors (Lipinski definition) is 6. The van der Waals surface area contributed by atoms with E-state index in [1.807, 2.05) is 71.3 Å². The number of fused-ring (bicyclic) bond motifs is 2. The highest BCUT2D eigenvalue weighted by atomic mass is 32.1. The molecular formula is C27H20N6OS. The second-order valence-corrected chi connectivity index (χ2v) is 8.96. The van der Waals surface area contributed by atoms with Crippen molar-refractivity contribution in [2.24, 2.45) is 0 Å². The molecule has 3 aromatic carbocycles. The first-order valence-electron chi connectivity index (χ1n) is 11.1.